The van der Waals surface area contributed by atoms with Gasteiger partial charge in [0.1, 0.15) is 11.5 Å². The smallest absolute Gasteiger partial charge is 0.222 e. The van der Waals surface area contributed by atoms with Crippen LogP contribution in [0, 0.1) is 19.7 Å². The second kappa shape index (κ2) is 3.60. The Balaban J connectivity index is 2.29. The van der Waals surface area contributed by atoms with Gasteiger partial charge in [-0.3, -0.25) is 0 Å². The number of anilines is 1. The average molecular weight is 245 g/mol. The van der Waals surface area contributed by atoms with Crippen molar-refractivity contribution < 1.29 is 8.91 Å². The summed E-state index contributed by atoms with van der Waals surface area (Å²) in [5.74, 6) is -0.0900. The molecule has 2 heterocycles. The molecule has 5 heteroatoms. The van der Waals surface area contributed by atoms with Gasteiger partial charge in [0.15, 0.2) is 0 Å². The first-order valence-electron chi connectivity index (χ1n) is 5.57. The van der Waals surface area contributed by atoms with E-state index in [0.717, 1.165) is 16.6 Å². The van der Waals surface area contributed by atoms with Crippen molar-refractivity contribution in [2.45, 2.75) is 13.8 Å². The zero-order chi connectivity index (χ0) is 12.9. The van der Waals surface area contributed by atoms with Crippen molar-refractivity contribution in [3.63, 3.8) is 0 Å². The lowest BCUT2D eigenvalue weighted by atomic mass is 10.1. The zero-order valence-corrected chi connectivity index (χ0v) is 10.0. The molecule has 0 saturated carbocycles. The van der Waals surface area contributed by atoms with E-state index in [0.29, 0.717) is 16.8 Å². The molecule has 0 radical (unpaired) electrons. The normalized spacial score (nSPS) is 11.3. The SMILES string of the molecule is Cc1[nH]c2c(F)cc(-c3cc(N)on3)cc2c1C. The van der Waals surface area contributed by atoms with E-state index >= 15 is 0 Å². The summed E-state index contributed by atoms with van der Waals surface area (Å²) in [5, 5.41) is 4.64. The van der Waals surface area contributed by atoms with Crippen molar-refractivity contribution >= 4 is 16.8 Å². The molecule has 0 aliphatic heterocycles. The van der Waals surface area contributed by atoms with Gasteiger partial charge >= 0.3 is 0 Å². The maximum Gasteiger partial charge on any atom is 0.222 e. The van der Waals surface area contributed by atoms with Gasteiger partial charge in [-0.1, -0.05) is 5.16 Å². The Morgan fingerprint density at radius 2 is 2.06 bits per heavy atom. The monoisotopic (exact) mass is 245 g/mol. The number of hydrogen-bond donors (Lipinski definition) is 2. The van der Waals surface area contributed by atoms with E-state index in [9.17, 15) is 4.39 Å². The molecule has 0 fully saturated rings. The summed E-state index contributed by atoms with van der Waals surface area (Å²) in [5.41, 5.74) is 9.17. The van der Waals surface area contributed by atoms with E-state index in [4.69, 9.17) is 10.3 Å². The molecule has 0 amide bonds. The van der Waals surface area contributed by atoms with E-state index in [2.05, 4.69) is 10.1 Å². The minimum Gasteiger partial charge on any atom is -0.368 e. The molecule has 4 nitrogen and oxygen atoms in total. The van der Waals surface area contributed by atoms with Crippen LogP contribution in [0.3, 0.4) is 0 Å². The standard InChI is InChI=1S/C13H12FN3O/c1-6-7(2)16-13-9(6)3-8(4-10(13)14)11-5-12(15)18-17-11/h3-5,16H,15H2,1-2H3. The van der Waals surface area contributed by atoms with Crippen LogP contribution in [0.2, 0.25) is 0 Å². The molecule has 0 aliphatic carbocycles. The molecule has 18 heavy (non-hydrogen) atoms. The molecule has 92 valence electrons. The molecular weight excluding hydrogens is 233 g/mol. The fourth-order valence-corrected chi connectivity index (χ4v) is 2.09. The largest absolute Gasteiger partial charge is 0.368 e. The van der Waals surface area contributed by atoms with Gasteiger partial charge in [0.2, 0.25) is 5.88 Å². The van der Waals surface area contributed by atoms with Gasteiger partial charge < -0.3 is 15.2 Å². The van der Waals surface area contributed by atoms with Gasteiger partial charge in [0.05, 0.1) is 5.52 Å². The zero-order valence-electron chi connectivity index (χ0n) is 10.0. The number of nitrogens with zero attached hydrogens (tertiary/aromatic N) is 1. The van der Waals surface area contributed by atoms with Crippen molar-refractivity contribution in [1.29, 1.82) is 0 Å². The highest BCUT2D eigenvalue weighted by molar-refractivity contribution is 5.89. The Morgan fingerprint density at radius 3 is 2.72 bits per heavy atom. The van der Waals surface area contributed by atoms with E-state index < -0.39 is 0 Å². The first-order chi connectivity index (χ1) is 8.56. The van der Waals surface area contributed by atoms with Crippen LogP contribution in [0.1, 0.15) is 11.3 Å². The number of aromatic amines is 1. The van der Waals surface area contributed by atoms with Gasteiger partial charge in [-0.05, 0) is 31.5 Å². The number of halogens is 1. The van der Waals surface area contributed by atoms with E-state index in [1.165, 1.54) is 6.07 Å². The molecule has 3 N–H and O–H groups in total. The number of aromatic nitrogens is 2. The lowest BCUT2D eigenvalue weighted by Gasteiger charge is -1.99. The first-order valence-corrected chi connectivity index (χ1v) is 5.57. The number of nitrogens with two attached hydrogens (primary N) is 1. The Hall–Kier alpha value is -2.30. The van der Waals surface area contributed by atoms with Gasteiger partial charge in [0, 0.05) is 22.7 Å². The van der Waals surface area contributed by atoms with E-state index in [1.54, 1.807) is 6.07 Å². The molecule has 1 aromatic carbocycles. The summed E-state index contributed by atoms with van der Waals surface area (Å²) >= 11 is 0. The number of hydrogen-bond acceptors (Lipinski definition) is 3. The number of benzene rings is 1. The minimum atomic E-state index is -0.305. The summed E-state index contributed by atoms with van der Waals surface area (Å²) in [6, 6.07) is 4.89. The third-order valence-electron chi connectivity index (χ3n) is 3.19. The van der Waals surface area contributed by atoms with E-state index in [-0.39, 0.29) is 11.7 Å². The highest BCUT2D eigenvalue weighted by Crippen LogP contribution is 2.30. The van der Waals surface area contributed by atoms with Gasteiger partial charge in [-0.15, -0.1) is 0 Å². The van der Waals surface area contributed by atoms with Crippen LogP contribution in [-0.2, 0) is 0 Å². The molecule has 0 spiro atoms. The van der Waals surface area contributed by atoms with Gasteiger partial charge in [-0.2, -0.15) is 0 Å². The predicted octanol–water partition coefficient (Wildman–Crippen LogP) is 3.16. The summed E-state index contributed by atoms with van der Waals surface area (Å²) in [7, 11) is 0. The van der Waals surface area contributed by atoms with Crippen molar-refractivity contribution in [2.24, 2.45) is 0 Å². The maximum absolute atomic E-state index is 14.0. The molecule has 0 unspecified atom stereocenters. The first kappa shape index (κ1) is 10.8. The Kier molecular flexibility index (Phi) is 2.16. The number of aryl methyl sites for hydroxylation is 2. The topological polar surface area (TPSA) is 67.8 Å². The Morgan fingerprint density at radius 1 is 1.28 bits per heavy atom. The number of nitrogens with one attached hydrogen (secondary N) is 1. The lowest BCUT2D eigenvalue weighted by molar-refractivity contribution is 0.439. The summed E-state index contributed by atoms with van der Waals surface area (Å²) < 4.78 is 18.8. The van der Waals surface area contributed by atoms with E-state index in [1.807, 2.05) is 19.9 Å². The van der Waals surface area contributed by atoms with Crippen LogP contribution < -0.4 is 5.73 Å². The molecular formula is C13H12FN3O. The minimum absolute atomic E-state index is 0.215. The number of H-pyrrole nitrogens is 1. The fraction of sp³-hybridized carbons (Fsp3) is 0.154. The summed E-state index contributed by atoms with van der Waals surface area (Å²) in [4.78, 5) is 3.04. The highest BCUT2D eigenvalue weighted by Gasteiger charge is 2.13. The highest BCUT2D eigenvalue weighted by atomic mass is 19.1. The number of fused-ring (bicyclic) bond motifs is 1. The van der Waals surface area contributed by atoms with Gasteiger partial charge in [-0.25, -0.2) is 4.39 Å². The van der Waals surface area contributed by atoms with Crippen LogP contribution in [0.25, 0.3) is 22.2 Å². The molecule has 0 bridgehead atoms. The lowest BCUT2D eigenvalue weighted by Crippen LogP contribution is -1.83. The number of nitrogen functional groups attached to an aromatic ring is 1. The summed E-state index contributed by atoms with van der Waals surface area (Å²) in [6.45, 7) is 3.87. The molecule has 3 aromatic rings. The Bertz CT molecular complexity index is 742. The van der Waals surface area contributed by atoms with Gasteiger partial charge in [0.25, 0.3) is 0 Å². The van der Waals surface area contributed by atoms with Crippen molar-refractivity contribution in [3.05, 3.63) is 35.3 Å². The third kappa shape index (κ3) is 1.48. The molecule has 2 aromatic heterocycles. The van der Waals surface area contributed by atoms with Crippen molar-refractivity contribution in [3.8, 4) is 11.3 Å². The van der Waals surface area contributed by atoms with Crippen LogP contribution in [0.15, 0.2) is 22.7 Å². The maximum atomic E-state index is 14.0. The third-order valence-corrected chi connectivity index (χ3v) is 3.19. The Labute approximate surface area is 103 Å². The molecule has 0 atom stereocenters. The van der Waals surface area contributed by atoms with Crippen molar-refractivity contribution in [1.82, 2.24) is 10.1 Å². The van der Waals surface area contributed by atoms with Crippen LogP contribution in [0.5, 0.6) is 0 Å². The molecule has 0 aliphatic rings. The fourth-order valence-electron chi connectivity index (χ4n) is 2.09. The summed E-state index contributed by atoms with van der Waals surface area (Å²) in [6.07, 6.45) is 0. The van der Waals surface area contributed by atoms with Crippen LogP contribution in [0.4, 0.5) is 10.3 Å². The number of rotatable bonds is 1. The van der Waals surface area contributed by atoms with Crippen LogP contribution >= 0.6 is 0 Å². The molecule has 0 saturated heterocycles. The predicted molar refractivity (Wildman–Crippen MR) is 67.6 cm³/mol. The quantitative estimate of drug-likeness (QED) is 0.692. The second-order valence-corrected chi connectivity index (χ2v) is 4.37. The van der Waals surface area contributed by atoms with Crippen LogP contribution in [-0.4, -0.2) is 10.1 Å². The second-order valence-electron chi connectivity index (χ2n) is 4.37. The molecule has 3 rings (SSSR count). The van der Waals surface area contributed by atoms with Crippen molar-refractivity contribution in [2.75, 3.05) is 5.73 Å². The average Bonchev–Trinajstić information content (AvgIpc) is 2.87.